The van der Waals surface area contributed by atoms with Crippen molar-refractivity contribution < 1.29 is 23.4 Å². The van der Waals surface area contributed by atoms with Gasteiger partial charge in [-0.2, -0.15) is 0 Å². The van der Waals surface area contributed by atoms with Crippen molar-refractivity contribution in [2.75, 3.05) is 26.2 Å². The van der Waals surface area contributed by atoms with Gasteiger partial charge in [-0.15, -0.1) is 0 Å². The van der Waals surface area contributed by atoms with Crippen LogP contribution in [0.1, 0.15) is 24.1 Å². The maximum atomic E-state index is 14.2. The van der Waals surface area contributed by atoms with Gasteiger partial charge in [0.1, 0.15) is 17.3 Å². The van der Waals surface area contributed by atoms with Crippen molar-refractivity contribution in [3.05, 3.63) is 64.6 Å². The number of esters is 1. The van der Waals surface area contributed by atoms with Crippen LogP contribution in [0.15, 0.2) is 47.7 Å². The van der Waals surface area contributed by atoms with E-state index in [1.165, 1.54) is 20.3 Å². The number of hydrogen-bond donors (Lipinski definition) is 1. The van der Waals surface area contributed by atoms with E-state index in [1.807, 2.05) is 0 Å². The minimum atomic E-state index is -0.614. The van der Waals surface area contributed by atoms with E-state index in [1.54, 1.807) is 56.2 Å². The van der Waals surface area contributed by atoms with Gasteiger partial charge in [0, 0.05) is 17.3 Å². The summed E-state index contributed by atoms with van der Waals surface area (Å²) in [5.74, 6) is 0.259. The summed E-state index contributed by atoms with van der Waals surface area (Å²) in [4.78, 5) is 14.4. The number of rotatable bonds is 5. The van der Waals surface area contributed by atoms with Crippen molar-refractivity contribution in [2.45, 2.75) is 19.9 Å². The summed E-state index contributed by atoms with van der Waals surface area (Å²) in [5.41, 5.74) is 2.60. The zero-order valence-electron chi connectivity index (χ0n) is 17.4. The Labute approximate surface area is 180 Å². The number of ether oxygens (including phenoxy) is 3. The monoisotopic (exact) mass is 430 g/mol. The van der Waals surface area contributed by atoms with Crippen LogP contribution in [0.2, 0.25) is 0 Å². The molecule has 0 aliphatic carbocycles. The van der Waals surface area contributed by atoms with Gasteiger partial charge in [0.2, 0.25) is 0 Å². The van der Waals surface area contributed by atoms with E-state index in [9.17, 15) is 9.18 Å². The number of nitrogens with one attached hydrogen (secondary N) is 1. The van der Waals surface area contributed by atoms with Crippen molar-refractivity contribution >= 4 is 29.0 Å². The first-order valence-electron chi connectivity index (χ1n) is 9.20. The van der Waals surface area contributed by atoms with Gasteiger partial charge in [-0.25, -0.2) is 9.18 Å². The maximum absolute atomic E-state index is 14.2. The molecule has 0 saturated heterocycles. The predicted octanol–water partition coefficient (Wildman–Crippen LogP) is 4.03. The Bertz CT molecular complexity index is 1040. The molecule has 1 aliphatic heterocycles. The third kappa shape index (κ3) is 3.82. The molecule has 2 aromatic carbocycles. The first-order valence-corrected chi connectivity index (χ1v) is 9.61. The topological polar surface area (TPSA) is 60.0 Å². The van der Waals surface area contributed by atoms with Crippen molar-refractivity contribution in [3.63, 3.8) is 0 Å². The molecule has 0 aromatic heterocycles. The molecule has 3 rings (SSSR count). The molecule has 2 aromatic rings. The van der Waals surface area contributed by atoms with Gasteiger partial charge in [0.05, 0.1) is 38.6 Å². The number of carbonyl (C=O) groups is 1. The van der Waals surface area contributed by atoms with E-state index < -0.39 is 12.0 Å². The first-order chi connectivity index (χ1) is 14.3. The minimum Gasteiger partial charge on any atom is -0.497 e. The summed E-state index contributed by atoms with van der Waals surface area (Å²) in [6, 6.07) is 9.49. The third-order valence-electron chi connectivity index (χ3n) is 5.06. The molecule has 0 bridgehead atoms. The van der Waals surface area contributed by atoms with Crippen LogP contribution in [0.25, 0.3) is 0 Å². The quantitative estimate of drug-likeness (QED) is 0.568. The van der Waals surface area contributed by atoms with Gasteiger partial charge < -0.3 is 19.5 Å². The van der Waals surface area contributed by atoms with Crippen molar-refractivity contribution in [2.24, 2.45) is 0 Å². The molecule has 1 aliphatic rings. The normalized spacial score (nSPS) is 16.3. The molecule has 30 heavy (non-hydrogen) atoms. The number of aryl methyl sites for hydroxylation is 1. The largest absolute Gasteiger partial charge is 0.497 e. The van der Waals surface area contributed by atoms with Crippen LogP contribution in [0.5, 0.6) is 11.5 Å². The lowest BCUT2D eigenvalue weighted by Crippen LogP contribution is -2.48. The average molecular weight is 431 g/mol. The van der Waals surface area contributed by atoms with Crippen LogP contribution in [0.4, 0.5) is 10.1 Å². The Morgan fingerprint density at radius 1 is 1.10 bits per heavy atom. The second kappa shape index (κ2) is 8.71. The van der Waals surface area contributed by atoms with Crippen LogP contribution < -0.4 is 19.7 Å². The number of methoxy groups -OCH3 is 3. The molecule has 0 fully saturated rings. The summed E-state index contributed by atoms with van der Waals surface area (Å²) in [7, 11) is 4.41. The van der Waals surface area contributed by atoms with E-state index in [2.05, 4.69) is 5.32 Å². The molecule has 1 atom stereocenters. The molecular formula is C22H23FN2O4S. The Kier molecular flexibility index (Phi) is 6.26. The van der Waals surface area contributed by atoms with E-state index in [0.717, 1.165) is 0 Å². The van der Waals surface area contributed by atoms with Crippen LogP contribution >= 0.6 is 12.2 Å². The number of carbonyl (C=O) groups excluding carboxylic acids is 1. The third-order valence-corrected chi connectivity index (χ3v) is 5.36. The smallest absolute Gasteiger partial charge is 0.337 e. The van der Waals surface area contributed by atoms with E-state index >= 15 is 0 Å². The Balaban J connectivity index is 2.17. The predicted molar refractivity (Wildman–Crippen MR) is 116 cm³/mol. The summed E-state index contributed by atoms with van der Waals surface area (Å²) in [6.45, 7) is 3.43. The molecule has 1 heterocycles. The van der Waals surface area contributed by atoms with E-state index in [4.69, 9.17) is 26.4 Å². The molecule has 0 saturated carbocycles. The second-order valence-corrected chi connectivity index (χ2v) is 7.14. The van der Waals surface area contributed by atoms with Crippen LogP contribution in [-0.4, -0.2) is 32.4 Å². The Morgan fingerprint density at radius 3 is 2.43 bits per heavy atom. The molecule has 0 amide bonds. The molecule has 0 radical (unpaired) electrons. The molecule has 1 unspecified atom stereocenters. The van der Waals surface area contributed by atoms with Gasteiger partial charge in [-0.05, 0) is 55.9 Å². The highest BCUT2D eigenvalue weighted by molar-refractivity contribution is 7.80. The lowest BCUT2D eigenvalue weighted by atomic mass is 9.94. The van der Waals surface area contributed by atoms with E-state index in [0.29, 0.717) is 44.7 Å². The number of anilines is 1. The number of hydrogen-bond acceptors (Lipinski definition) is 5. The summed E-state index contributed by atoms with van der Waals surface area (Å²) in [6.07, 6.45) is 0. The standard InChI is InChI=1S/C22H23FN2O4S/c1-12-6-7-14(10-17(12)23)25-13(2)19(21(26)29-5)20(24-22(25)30)16-9-8-15(27-3)11-18(16)28-4/h6-11,20H,1-5H3,(H,24,30). The number of thiocarbonyl (C=S) groups is 1. The van der Waals surface area contributed by atoms with Crippen LogP contribution in [0.3, 0.4) is 0 Å². The van der Waals surface area contributed by atoms with Crippen LogP contribution in [-0.2, 0) is 9.53 Å². The van der Waals surface area contributed by atoms with Gasteiger partial charge in [0.25, 0.3) is 0 Å². The average Bonchev–Trinajstić information content (AvgIpc) is 2.74. The Hall–Kier alpha value is -3.13. The van der Waals surface area contributed by atoms with Crippen molar-refractivity contribution in [1.29, 1.82) is 0 Å². The summed E-state index contributed by atoms with van der Waals surface area (Å²) < 4.78 is 30.0. The zero-order chi connectivity index (χ0) is 22.0. The second-order valence-electron chi connectivity index (χ2n) is 6.75. The molecule has 1 N–H and O–H groups in total. The zero-order valence-corrected chi connectivity index (χ0v) is 18.2. The maximum Gasteiger partial charge on any atom is 0.337 e. The SMILES string of the molecule is COC(=O)C1=C(C)N(c2ccc(C)c(F)c2)C(=S)NC1c1ccc(OC)cc1OC. The fourth-order valence-corrected chi connectivity index (χ4v) is 3.80. The lowest BCUT2D eigenvalue weighted by molar-refractivity contribution is -0.136. The fourth-order valence-electron chi connectivity index (χ4n) is 3.44. The molecule has 8 heteroatoms. The minimum absolute atomic E-state index is 0.325. The molecule has 6 nitrogen and oxygen atoms in total. The fraction of sp³-hybridized carbons (Fsp3) is 0.273. The van der Waals surface area contributed by atoms with Gasteiger partial charge in [-0.1, -0.05) is 6.07 Å². The van der Waals surface area contributed by atoms with Gasteiger partial charge >= 0.3 is 5.97 Å². The molecule has 0 spiro atoms. The summed E-state index contributed by atoms with van der Waals surface area (Å²) >= 11 is 5.58. The van der Waals surface area contributed by atoms with E-state index in [-0.39, 0.29) is 5.82 Å². The Morgan fingerprint density at radius 2 is 1.83 bits per heavy atom. The highest BCUT2D eigenvalue weighted by Gasteiger charge is 2.36. The van der Waals surface area contributed by atoms with Gasteiger partial charge in [0.15, 0.2) is 5.11 Å². The van der Waals surface area contributed by atoms with Crippen molar-refractivity contribution in [3.8, 4) is 11.5 Å². The highest BCUT2D eigenvalue weighted by Crippen LogP contribution is 2.39. The number of allylic oxidation sites excluding steroid dienone is 1. The number of halogens is 1. The number of nitrogens with zero attached hydrogens (tertiary/aromatic N) is 1. The highest BCUT2D eigenvalue weighted by atomic mass is 32.1. The first kappa shape index (κ1) is 21.6. The molecule has 158 valence electrons. The lowest BCUT2D eigenvalue weighted by Gasteiger charge is -2.37. The van der Waals surface area contributed by atoms with Crippen LogP contribution in [0, 0.1) is 12.7 Å². The molecular weight excluding hydrogens is 407 g/mol. The number of benzene rings is 2. The van der Waals surface area contributed by atoms with Gasteiger partial charge in [-0.3, -0.25) is 4.90 Å². The van der Waals surface area contributed by atoms with Crippen molar-refractivity contribution in [1.82, 2.24) is 5.32 Å². The summed E-state index contributed by atoms with van der Waals surface area (Å²) in [5, 5.41) is 3.50.